The van der Waals surface area contributed by atoms with Gasteiger partial charge in [-0.25, -0.2) is 0 Å². The maximum absolute atomic E-state index is 3.96. The predicted molar refractivity (Wildman–Crippen MR) is 327 cm³/mol. The van der Waals surface area contributed by atoms with Crippen LogP contribution in [0, 0.1) is 0 Å². The molecule has 14 rings (SSSR count). The van der Waals surface area contributed by atoms with Gasteiger partial charge in [0.25, 0.3) is 0 Å². The van der Waals surface area contributed by atoms with Crippen LogP contribution in [0.2, 0.25) is 0 Å². The molecule has 0 fully saturated rings. The molecule has 10 aromatic carbocycles. The fourth-order valence-corrected chi connectivity index (χ4v) is 15.2. The van der Waals surface area contributed by atoms with Gasteiger partial charge in [0.15, 0.2) is 0 Å². The third-order valence-electron chi connectivity index (χ3n) is 19.3. The Morgan fingerprint density at radius 1 is 0.307 bits per heavy atom. The standard InChI is InChI=1S/C74H62.H2S/c1-7-72(8-2)64-23-16-15-22-57(64)58-34-29-51(42-65(58)72)52-30-36-61-62-38-32-54(45-69(62)74(11-5,12-6)68(61)43-52)53-31-37-60-59-35-28-50(41-66(59)73(9-3,10-4)67(60)44-53)49-18-13-14-19-55(40-49)56-33-26-48-25-24-46-20-17-21-47-27-39-63(56)71(48)70(46)47;/h13-39,41-45H,7-12H2,1-6H3;1H2. The molecular weight excluding hydrogens is 921 g/mol. The van der Waals surface area contributed by atoms with Gasteiger partial charge in [0, 0.05) is 27.4 Å². The Labute approximate surface area is 450 Å². The van der Waals surface area contributed by atoms with Crippen LogP contribution in [0.5, 0.6) is 0 Å². The summed E-state index contributed by atoms with van der Waals surface area (Å²) in [6.07, 6.45) is 15.2. The molecule has 0 aromatic heterocycles. The fourth-order valence-electron chi connectivity index (χ4n) is 15.2. The highest BCUT2D eigenvalue weighted by Crippen LogP contribution is 2.58. The van der Waals surface area contributed by atoms with Crippen molar-refractivity contribution in [2.45, 2.75) is 96.3 Å². The summed E-state index contributed by atoms with van der Waals surface area (Å²) in [7, 11) is 0. The lowest BCUT2D eigenvalue weighted by atomic mass is 9.72. The molecule has 0 radical (unpaired) electrons. The molecule has 0 aliphatic heterocycles. The van der Waals surface area contributed by atoms with Gasteiger partial charge in [0.1, 0.15) is 0 Å². The first kappa shape index (κ1) is 47.3. The van der Waals surface area contributed by atoms with E-state index in [2.05, 4.69) is 241 Å². The lowest BCUT2D eigenvalue weighted by Gasteiger charge is -2.31. The van der Waals surface area contributed by atoms with Crippen molar-refractivity contribution in [3.05, 3.63) is 244 Å². The van der Waals surface area contributed by atoms with Gasteiger partial charge in [-0.15, -0.1) is 5.73 Å². The van der Waals surface area contributed by atoms with Gasteiger partial charge in [-0.3, -0.25) is 0 Å². The maximum atomic E-state index is 3.96. The Morgan fingerprint density at radius 3 is 1.15 bits per heavy atom. The average Bonchev–Trinajstić information content (AvgIpc) is 3.91. The topological polar surface area (TPSA) is 0 Å². The molecule has 0 atom stereocenters. The molecule has 0 amide bonds. The Bertz CT molecular complexity index is 4110. The van der Waals surface area contributed by atoms with Crippen LogP contribution in [0.15, 0.2) is 200 Å². The monoisotopic (exact) mass is 984 g/mol. The number of fused-ring (bicyclic) bond motifs is 9. The summed E-state index contributed by atoms with van der Waals surface area (Å²) >= 11 is 0. The molecule has 0 spiro atoms. The van der Waals surface area contributed by atoms with Gasteiger partial charge in [-0.05, 0) is 213 Å². The predicted octanol–water partition coefficient (Wildman–Crippen LogP) is 20.5. The summed E-state index contributed by atoms with van der Waals surface area (Å²) in [6, 6.07) is 66.2. The summed E-state index contributed by atoms with van der Waals surface area (Å²) in [5.74, 6) is 0. The molecule has 366 valence electrons. The van der Waals surface area contributed by atoms with Crippen LogP contribution >= 0.6 is 13.5 Å². The molecule has 1 heteroatoms. The Balaban J connectivity index is 0.00000541. The molecule has 0 bridgehead atoms. The Morgan fingerprint density at radius 2 is 0.667 bits per heavy atom. The van der Waals surface area contributed by atoms with E-state index in [1.807, 2.05) is 0 Å². The molecule has 0 saturated carbocycles. The van der Waals surface area contributed by atoms with E-state index in [1.54, 1.807) is 0 Å². The van der Waals surface area contributed by atoms with Crippen molar-refractivity contribution < 1.29 is 0 Å². The van der Waals surface area contributed by atoms with Gasteiger partial charge in [0.2, 0.25) is 0 Å². The Hall–Kier alpha value is -7.41. The van der Waals surface area contributed by atoms with Crippen LogP contribution < -0.4 is 0 Å². The van der Waals surface area contributed by atoms with E-state index in [-0.39, 0.29) is 29.7 Å². The van der Waals surface area contributed by atoms with Crippen molar-refractivity contribution in [3.63, 3.8) is 0 Å². The lowest BCUT2D eigenvalue weighted by molar-refractivity contribution is 0.490. The first-order valence-corrected chi connectivity index (χ1v) is 27.7. The van der Waals surface area contributed by atoms with E-state index in [0.29, 0.717) is 0 Å². The van der Waals surface area contributed by atoms with E-state index >= 15 is 0 Å². The van der Waals surface area contributed by atoms with Gasteiger partial charge in [0.05, 0.1) is 0 Å². The molecular formula is C74H64S. The quantitative estimate of drug-likeness (QED) is 0.0946. The van der Waals surface area contributed by atoms with Crippen molar-refractivity contribution in [1.29, 1.82) is 0 Å². The molecule has 0 heterocycles. The van der Waals surface area contributed by atoms with Crippen molar-refractivity contribution >= 4 is 57.0 Å². The highest BCUT2D eigenvalue weighted by atomic mass is 32.1. The van der Waals surface area contributed by atoms with Gasteiger partial charge in [-0.2, -0.15) is 13.5 Å². The molecule has 0 N–H and O–H groups in total. The minimum absolute atomic E-state index is 0. The number of allylic oxidation sites excluding steroid dienone is 5. The Kier molecular flexibility index (Phi) is 11.1. The van der Waals surface area contributed by atoms with Crippen molar-refractivity contribution in [3.8, 4) is 55.6 Å². The number of hydrogen-bond acceptors (Lipinski definition) is 0. The number of benzene rings is 10. The second-order valence-corrected chi connectivity index (χ2v) is 21.9. The van der Waals surface area contributed by atoms with Crippen molar-refractivity contribution in [2.24, 2.45) is 0 Å². The highest BCUT2D eigenvalue weighted by Gasteiger charge is 2.44. The summed E-state index contributed by atoms with van der Waals surface area (Å²) in [5, 5.41) is 7.83. The summed E-state index contributed by atoms with van der Waals surface area (Å²) in [6.45, 7) is 14.3. The first-order chi connectivity index (χ1) is 36.3. The van der Waals surface area contributed by atoms with Gasteiger partial charge in [-0.1, -0.05) is 193 Å². The fraction of sp³-hybridized carbons (Fsp3) is 0.203. The minimum Gasteiger partial charge on any atom is -0.197 e. The van der Waals surface area contributed by atoms with Crippen LogP contribution in [-0.4, -0.2) is 0 Å². The molecule has 10 aromatic rings. The van der Waals surface area contributed by atoms with E-state index in [1.165, 1.54) is 132 Å². The van der Waals surface area contributed by atoms with Crippen LogP contribution in [0.25, 0.3) is 99.1 Å². The van der Waals surface area contributed by atoms with Crippen LogP contribution in [0.1, 0.15) is 125 Å². The minimum atomic E-state index is -0.100. The maximum Gasteiger partial charge on any atom is 0.0249 e. The molecule has 4 aliphatic carbocycles. The van der Waals surface area contributed by atoms with E-state index < -0.39 is 0 Å². The smallest absolute Gasteiger partial charge is 0.0249 e. The van der Waals surface area contributed by atoms with Crippen LogP contribution in [0.4, 0.5) is 0 Å². The zero-order chi connectivity index (χ0) is 50.1. The normalized spacial score (nSPS) is 15.7. The van der Waals surface area contributed by atoms with Crippen LogP contribution in [-0.2, 0) is 16.2 Å². The lowest BCUT2D eigenvalue weighted by Crippen LogP contribution is -2.23. The van der Waals surface area contributed by atoms with E-state index in [9.17, 15) is 0 Å². The largest absolute Gasteiger partial charge is 0.197 e. The summed E-state index contributed by atoms with van der Waals surface area (Å²) in [4.78, 5) is 0. The number of rotatable bonds is 10. The summed E-state index contributed by atoms with van der Waals surface area (Å²) in [5.41, 5.74) is 31.0. The second kappa shape index (κ2) is 17.6. The number of hydrogen-bond donors (Lipinski definition) is 0. The molecule has 0 nitrogen and oxygen atoms in total. The first-order valence-electron chi connectivity index (χ1n) is 27.7. The van der Waals surface area contributed by atoms with E-state index in [4.69, 9.17) is 0 Å². The molecule has 0 unspecified atom stereocenters. The highest BCUT2D eigenvalue weighted by molar-refractivity contribution is 7.59. The zero-order valence-electron chi connectivity index (χ0n) is 44.2. The van der Waals surface area contributed by atoms with Gasteiger partial charge < -0.3 is 0 Å². The molecule has 4 aliphatic rings. The van der Waals surface area contributed by atoms with E-state index in [0.717, 1.165) is 49.7 Å². The zero-order valence-corrected chi connectivity index (χ0v) is 45.2. The third-order valence-corrected chi connectivity index (χ3v) is 19.3. The SMILES string of the molecule is CCC1(CC)c2ccccc2-c2ccc(-c3ccc4c(c3)C(CC)(CC)c3cc(-c5ccc6c(c5)C(CC)(CC)c5cc(C7=C=C(c8ccc9ccc%10cccc%11ccc8c9c%10%11)C=CC=C7)ccc5-6)ccc3-4)cc21.S. The average molecular weight is 985 g/mol. The molecule has 0 saturated heterocycles. The van der Waals surface area contributed by atoms with Gasteiger partial charge >= 0.3 is 0 Å². The van der Waals surface area contributed by atoms with Crippen LogP contribution in [0.3, 0.4) is 0 Å². The van der Waals surface area contributed by atoms with Crippen molar-refractivity contribution in [2.75, 3.05) is 0 Å². The summed E-state index contributed by atoms with van der Waals surface area (Å²) < 4.78 is 0. The van der Waals surface area contributed by atoms with Crippen molar-refractivity contribution in [1.82, 2.24) is 0 Å². The third kappa shape index (κ3) is 6.51. The second-order valence-electron chi connectivity index (χ2n) is 21.9. The molecule has 75 heavy (non-hydrogen) atoms.